The first-order valence-electron chi connectivity index (χ1n) is 5.82. The van der Waals surface area contributed by atoms with Gasteiger partial charge in [0.15, 0.2) is 0 Å². The number of pyridine rings is 1. The zero-order chi connectivity index (χ0) is 13.0. The van der Waals surface area contributed by atoms with Crippen LogP contribution in [0.1, 0.15) is 16.7 Å². The van der Waals surface area contributed by atoms with E-state index in [0.29, 0.717) is 5.56 Å². The average Bonchev–Trinajstić information content (AvgIpc) is 2.39. The number of benzene rings is 1. The SMILES string of the molecule is Cc1cccc(C#N)c1N(C)Cc1ccncc1. The van der Waals surface area contributed by atoms with Gasteiger partial charge in [-0.1, -0.05) is 12.1 Å². The lowest BCUT2D eigenvalue weighted by atomic mass is 10.1. The number of aryl methyl sites for hydroxylation is 1. The fraction of sp³-hybridized carbons (Fsp3) is 0.200. The highest BCUT2D eigenvalue weighted by Crippen LogP contribution is 2.24. The summed E-state index contributed by atoms with van der Waals surface area (Å²) in [4.78, 5) is 6.11. The fourth-order valence-corrected chi connectivity index (χ4v) is 2.10. The third-order valence-electron chi connectivity index (χ3n) is 2.91. The second-order valence-corrected chi connectivity index (χ2v) is 4.29. The predicted molar refractivity (Wildman–Crippen MR) is 72.2 cm³/mol. The molecular formula is C15H15N3. The summed E-state index contributed by atoms with van der Waals surface area (Å²) in [7, 11) is 2.00. The maximum Gasteiger partial charge on any atom is 0.101 e. The van der Waals surface area contributed by atoms with Gasteiger partial charge < -0.3 is 4.90 Å². The van der Waals surface area contributed by atoms with Crippen molar-refractivity contribution in [3.8, 4) is 6.07 Å². The Bertz CT molecular complexity index is 570. The molecule has 0 amide bonds. The van der Waals surface area contributed by atoms with Gasteiger partial charge in [-0.15, -0.1) is 0 Å². The number of rotatable bonds is 3. The molecule has 0 fully saturated rings. The summed E-state index contributed by atoms with van der Waals surface area (Å²) < 4.78 is 0. The Labute approximate surface area is 107 Å². The lowest BCUT2D eigenvalue weighted by molar-refractivity contribution is 0.912. The van der Waals surface area contributed by atoms with E-state index in [2.05, 4.69) is 16.0 Å². The summed E-state index contributed by atoms with van der Waals surface area (Å²) in [5, 5.41) is 9.17. The van der Waals surface area contributed by atoms with Crippen LogP contribution in [0.5, 0.6) is 0 Å². The molecule has 0 spiro atoms. The quantitative estimate of drug-likeness (QED) is 0.824. The average molecular weight is 237 g/mol. The molecule has 2 rings (SSSR count). The number of aromatic nitrogens is 1. The highest BCUT2D eigenvalue weighted by atomic mass is 15.1. The Hall–Kier alpha value is -2.34. The van der Waals surface area contributed by atoms with Crippen molar-refractivity contribution in [3.63, 3.8) is 0 Å². The molecule has 1 aromatic carbocycles. The second-order valence-electron chi connectivity index (χ2n) is 4.29. The minimum atomic E-state index is 0.714. The van der Waals surface area contributed by atoms with Crippen molar-refractivity contribution in [1.29, 1.82) is 5.26 Å². The fourth-order valence-electron chi connectivity index (χ4n) is 2.10. The second kappa shape index (κ2) is 5.33. The van der Waals surface area contributed by atoms with E-state index in [9.17, 15) is 5.26 Å². The van der Waals surface area contributed by atoms with Crippen molar-refractivity contribution in [3.05, 3.63) is 59.4 Å². The third kappa shape index (κ3) is 2.49. The lowest BCUT2D eigenvalue weighted by Gasteiger charge is -2.22. The van der Waals surface area contributed by atoms with E-state index < -0.39 is 0 Å². The molecule has 3 nitrogen and oxygen atoms in total. The van der Waals surface area contributed by atoms with Crippen LogP contribution in [0.3, 0.4) is 0 Å². The van der Waals surface area contributed by atoms with Gasteiger partial charge in [-0.25, -0.2) is 0 Å². The normalized spacial score (nSPS) is 9.83. The van der Waals surface area contributed by atoms with Gasteiger partial charge >= 0.3 is 0 Å². The molecule has 1 heterocycles. The number of para-hydroxylation sites is 1. The molecule has 0 bridgehead atoms. The van der Waals surface area contributed by atoms with E-state index in [1.54, 1.807) is 12.4 Å². The van der Waals surface area contributed by atoms with E-state index >= 15 is 0 Å². The molecule has 0 N–H and O–H groups in total. The van der Waals surface area contributed by atoms with Crippen LogP contribution < -0.4 is 4.90 Å². The minimum Gasteiger partial charge on any atom is -0.369 e. The van der Waals surface area contributed by atoms with Gasteiger partial charge in [0.2, 0.25) is 0 Å². The molecule has 90 valence electrons. The van der Waals surface area contributed by atoms with E-state index in [1.165, 1.54) is 5.56 Å². The smallest absolute Gasteiger partial charge is 0.101 e. The standard InChI is InChI=1S/C15H15N3/c1-12-4-3-5-14(10-16)15(12)18(2)11-13-6-8-17-9-7-13/h3-9H,11H2,1-2H3. The molecule has 0 radical (unpaired) electrons. The van der Waals surface area contributed by atoms with Gasteiger partial charge in [0.1, 0.15) is 6.07 Å². The maximum atomic E-state index is 9.17. The maximum absolute atomic E-state index is 9.17. The lowest BCUT2D eigenvalue weighted by Crippen LogP contribution is -2.18. The molecule has 0 aliphatic rings. The zero-order valence-corrected chi connectivity index (χ0v) is 10.6. The number of anilines is 1. The van der Waals surface area contributed by atoms with Gasteiger partial charge in [0.05, 0.1) is 11.3 Å². The molecule has 2 aromatic rings. The number of hydrogen-bond acceptors (Lipinski definition) is 3. The van der Waals surface area contributed by atoms with Crippen molar-refractivity contribution in [2.75, 3.05) is 11.9 Å². The number of hydrogen-bond donors (Lipinski definition) is 0. The van der Waals surface area contributed by atoms with E-state index in [-0.39, 0.29) is 0 Å². The van der Waals surface area contributed by atoms with Gasteiger partial charge in [0.25, 0.3) is 0 Å². The van der Waals surface area contributed by atoms with Crippen LogP contribution in [0.15, 0.2) is 42.7 Å². The Morgan fingerprint density at radius 1 is 1.22 bits per heavy atom. The molecule has 0 aliphatic carbocycles. The van der Waals surface area contributed by atoms with Crippen molar-refractivity contribution in [2.24, 2.45) is 0 Å². The summed E-state index contributed by atoms with van der Waals surface area (Å²) in [5.41, 5.74) is 4.01. The largest absolute Gasteiger partial charge is 0.369 e. The van der Waals surface area contributed by atoms with Gasteiger partial charge in [-0.05, 0) is 36.2 Å². The zero-order valence-electron chi connectivity index (χ0n) is 10.6. The van der Waals surface area contributed by atoms with Crippen molar-refractivity contribution < 1.29 is 0 Å². The molecule has 18 heavy (non-hydrogen) atoms. The Kier molecular flexibility index (Phi) is 3.59. The van der Waals surface area contributed by atoms with E-state index in [0.717, 1.165) is 17.8 Å². The van der Waals surface area contributed by atoms with E-state index in [4.69, 9.17) is 0 Å². The summed E-state index contributed by atoms with van der Waals surface area (Å²) in [5.74, 6) is 0. The van der Waals surface area contributed by atoms with Crippen molar-refractivity contribution >= 4 is 5.69 Å². The molecule has 0 aliphatic heterocycles. The molecule has 0 saturated carbocycles. The molecular weight excluding hydrogens is 222 g/mol. The molecule has 1 aromatic heterocycles. The van der Waals surface area contributed by atoms with Gasteiger partial charge in [-0.2, -0.15) is 5.26 Å². The predicted octanol–water partition coefficient (Wildman–Crippen LogP) is 2.90. The summed E-state index contributed by atoms with van der Waals surface area (Å²) >= 11 is 0. The van der Waals surface area contributed by atoms with Crippen LogP contribution in [0.2, 0.25) is 0 Å². The summed E-state index contributed by atoms with van der Waals surface area (Å²) in [6, 6.07) is 12.0. The van der Waals surface area contributed by atoms with E-state index in [1.807, 2.05) is 44.3 Å². The highest BCUT2D eigenvalue weighted by molar-refractivity contribution is 5.63. The number of nitriles is 1. The summed E-state index contributed by atoms with van der Waals surface area (Å²) in [6.45, 7) is 2.79. The van der Waals surface area contributed by atoms with Gasteiger partial charge in [0, 0.05) is 26.0 Å². The molecule has 0 saturated heterocycles. The first-order chi connectivity index (χ1) is 8.72. The minimum absolute atomic E-state index is 0.714. The van der Waals surface area contributed by atoms with Crippen LogP contribution in [0.25, 0.3) is 0 Å². The molecule has 0 atom stereocenters. The van der Waals surface area contributed by atoms with Crippen LogP contribution in [-0.2, 0) is 6.54 Å². The van der Waals surface area contributed by atoms with Crippen LogP contribution in [0, 0.1) is 18.3 Å². The molecule has 3 heteroatoms. The first kappa shape index (κ1) is 12.1. The Morgan fingerprint density at radius 2 is 1.94 bits per heavy atom. The van der Waals surface area contributed by atoms with Gasteiger partial charge in [-0.3, -0.25) is 4.98 Å². The van der Waals surface area contributed by atoms with Crippen LogP contribution >= 0.6 is 0 Å². The topological polar surface area (TPSA) is 39.9 Å². The monoisotopic (exact) mass is 237 g/mol. The first-order valence-corrected chi connectivity index (χ1v) is 5.82. The Balaban J connectivity index is 2.30. The van der Waals surface area contributed by atoms with Crippen LogP contribution in [-0.4, -0.2) is 12.0 Å². The Morgan fingerprint density at radius 3 is 2.61 bits per heavy atom. The molecule has 0 unspecified atom stereocenters. The number of nitrogens with zero attached hydrogens (tertiary/aromatic N) is 3. The highest BCUT2D eigenvalue weighted by Gasteiger charge is 2.10. The summed E-state index contributed by atoms with van der Waals surface area (Å²) in [6.07, 6.45) is 3.57. The van der Waals surface area contributed by atoms with Crippen molar-refractivity contribution in [1.82, 2.24) is 4.98 Å². The van der Waals surface area contributed by atoms with Crippen LogP contribution in [0.4, 0.5) is 5.69 Å². The third-order valence-corrected chi connectivity index (χ3v) is 2.91. The van der Waals surface area contributed by atoms with Crippen molar-refractivity contribution in [2.45, 2.75) is 13.5 Å².